The molecule has 0 aromatic rings. The summed E-state index contributed by atoms with van der Waals surface area (Å²) < 4.78 is 23.2. The van der Waals surface area contributed by atoms with Gasteiger partial charge in [0.1, 0.15) is 13.2 Å². The number of nitrogens with zero attached hydrogens (tertiary/aromatic N) is 1. The van der Waals surface area contributed by atoms with Crippen molar-refractivity contribution in [1.29, 1.82) is 0 Å². The Morgan fingerprint density at radius 2 is 1.09 bits per heavy atom. The van der Waals surface area contributed by atoms with E-state index in [1.165, 1.54) is 83.5 Å². The SMILES string of the molecule is CC/C=C\C/C=C\C/C=C\C/C=C\CCCCCCC(=O)NC(COP(=O)([O-])OCC[N+](C)(C)C)C(O)/C=C/CCCCCCCCCCCCCCCCC. The Morgan fingerprint density at radius 3 is 1.59 bits per heavy atom. The smallest absolute Gasteiger partial charge is 0.268 e. The molecule has 326 valence electrons. The molecule has 0 rings (SSSR count). The van der Waals surface area contributed by atoms with Gasteiger partial charge in [0.15, 0.2) is 0 Å². The van der Waals surface area contributed by atoms with Gasteiger partial charge in [0, 0.05) is 6.42 Å². The van der Waals surface area contributed by atoms with E-state index in [1.807, 2.05) is 27.2 Å². The van der Waals surface area contributed by atoms with E-state index in [4.69, 9.17) is 9.05 Å². The minimum Gasteiger partial charge on any atom is -0.756 e. The highest BCUT2D eigenvalue weighted by atomic mass is 31.2. The summed E-state index contributed by atoms with van der Waals surface area (Å²) in [5.74, 6) is -0.223. The number of carbonyl (C=O) groups is 1. The molecule has 3 atom stereocenters. The summed E-state index contributed by atoms with van der Waals surface area (Å²) in [7, 11) is 1.23. The number of hydrogen-bond acceptors (Lipinski definition) is 6. The summed E-state index contributed by atoms with van der Waals surface area (Å²) in [5, 5.41) is 13.8. The van der Waals surface area contributed by atoms with Gasteiger partial charge >= 0.3 is 0 Å². The average Bonchev–Trinajstić information content (AvgIpc) is 3.15. The van der Waals surface area contributed by atoms with Crippen LogP contribution in [-0.4, -0.2) is 68.5 Å². The first-order chi connectivity index (χ1) is 27.0. The predicted molar refractivity (Wildman–Crippen MR) is 237 cm³/mol. The third kappa shape index (κ3) is 40.4. The van der Waals surface area contributed by atoms with Crippen LogP contribution in [0.3, 0.4) is 0 Å². The lowest BCUT2D eigenvalue weighted by Crippen LogP contribution is -2.45. The zero-order valence-electron chi connectivity index (χ0n) is 36.8. The van der Waals surface area contributed by atoms with E-state index in [2.05, 4.69) is 67.8 Å². The predicted octanol–water partition coefficient (Wildman–Crippen LogP) is 12.0. The van der Waals surface area contributed by atoms with Crippen molar-refractivity contribution in [2.75, 3.05) is 40.9 Å². The number of nitrogens with one attached hydrogen (secondary N) is 1. The standard InChI is InChI=1S/C47H87N2O6P/c1-6-8-10-12-14-16-18-20-22-24-26-28-30-32-34-36-38-40-46(50)45(44-55-56(52,53)54-43-42-49(3,4)5)48-47(51)41-39-37-35-33-31-29-27-25-23-21-19-17-15-13-11-9-7-2/h9,11,15,17,21,23,27,29,38,40,45-46,50H,6-8,10,12-14,16,18-20,22,24-26,28,30-37,39,41-44H2,1-5H3,(H-,48,51,52,53)/b11-9-,17-15-,23-21-,29-27-,40-38+. The molecule has 0 heterocycles. The zero-order chi connectivity index (χ0) is 41.4. The molecule has 2 N–H and O–H groups in total. The van der Waals surface area contributed by atoms with Crippen LogP contribution >= 0.6 is 7.82 Å². The molecule has 0 radical (unpaired) electrons. The largest absolute Gasteiger partial charge is 0.756 e. The van der Waals surface area contributed by atoms with Gasteiger partial charge in [-0.1, -0.05) is 177 Å². The fraction of sp³-hybridized carbons (Fsp3) is 0.766. The van der Waals surface area contributed by atoms with Crippen molar-refractivity contribution in [1.82, 2.24) is 5.32 Å². The quantitative estimate of drug-likeness (QED) is 0.0276. The maximum Gasteiger partial charge on any atom is 0.268 e. The van der Waals surface area contributed by atoms with Crippen LogP contribution in [0.15, 0.2) is 60.8 Å². The Hall–Kier alpha value is -1.80. The first-order valence-electron chi connectivity index (χ1n) is 22.7. The maximum atomic E-state index is 12.9. The van der Waals surface area contributed by atoms with Crippen LogP contribution in [0.4, 0.5) is 0 Å². The second-order valence-electron chi connectivity index (χ2n) is 16.4. The number of phosphoric ester groups is 1. The molecule has 0 aromatic heterocycles. The molecule has 3 unspecified atom stereocenters. The van der Waals surface area contributed by atoms with Crippen molar-refractivity contribution in [2.45, 2.75) is 193 Å². The highest BCUT2D eigenvalue weighted by Crippen LogP contribution is 2.38. The third-order valence-corrected chi connectivity index (χ3v) is 10.7. The monoisotopic (exact) mass is 807 g/mol. The molecule has 9 heteroatoms. The topological polar surface area (TPSA) is 108 Å². The Morgan fingerprint density at radius 1 is 0.643 bits per heavy atom. The van der Waals surface area contributed by atoms with Gasteiger partial charge in [0.2, 0.25) is 5.91 Å². The molecule has 0 aromatic carbocycles. The van der Waals surface area contributed by atoms with Crippen molar-refractivity contribution in [3.63, 3.8) is 0 Å². The van der Waals surface area contributed by atoms with Gasteiger partial charge in [-0.2, -0.15) is 0 Å². The summed E-state index contributed by atoms with van der Waals surface area (Å²) in [6.07, 6.45) is 49.8. The molecule has 1 amide bonds. The van der Waals surface area contributed by atoms with Gasteiger partial charge < -0.3 is 28.8 Å². The number of aliphatic hydroxyl groups is 1. The van der Waals surface area contributed by atoms with Gasteiger partial charge in [-0.3, -0.25) is 9.36 Å². The molecule has 8 nitrogen and oxygen atoms in total. The zero-order valence-corrected chi connectivity index (χ0v) is 37.7. The number of carbonyl (C=O) groups excluding carboxylic acids is 1. The Bertz CT molecular complexity index is 1100. The van der Waals surface area contributed by atoms with E-state index in [-0.39, 0.29) is 12.5 Å². The summed E-state index contributed by atoms with van der Waals surface area (Å²) in [6.45, 7) is 4.50. The third-order valence-electron chi connectivity index (χ3n) is 9.73. The maximum absolute atomic E-state index is 12.9. The minimum atomic E-state index is -4.60. The van der Waals surface area contributed by atoms with E-state index in [9.17, 15) is 19.4 Å². The second-order valence-corrected chi connectivity index (χ2v) is 17.8. The second kappa shape index (κ2) is 38.7. The lowest BCUT2D eigenvalue weighted by molar-refractivity contribution is -0.870. The number of allylic oxidation sites excluding steroid dienone is 9. The Labute approximate surface area is 345 Å². The molecule has 56 heavy (non-hydrogen) atoms. The molecule has 0 fully saturated rings. The van der Waals surface area contributed by atoms with Crippen LogP contribution in [-0.2, 0) is 18.4 Å². The van der Waals surface area contributed by atoms with Crippen molar-refractivity contribution >= 4 is 13.7 Å². The number of amides is 1. The molecule has 0 aliphatic heterocycles. The van der Waals surface area contributed by atoms with Crippen molar-refractivity contribution in [3.8, 4) is 0 Å². The van der Waals surface area contributed by atoms with Crippen molar-refractivity contribution in [3.05, 3.63) is 60.8 Å². The number of unbranched alkanes of at least 4 members (excludes halogenated alkanes) is 19. The summed E-state index contributed by atoms with van der Waals surface area (Å²) >= 11 is 0. The van der Waals surface area contributed by atoms with Crippen LogP contribution in [0.25, 0.3) is 0 Å². The first kappa shape index (κ1) is 54.2. The Balaban J connectivity index is 4.48. The van der Waals surface area contributed by atoms with Crippen LogP contribution in [0.5, 0.6) is 0 Å². The minimum absolute atomic E-state index is 0.00863. The lowest BCUT2D eigenvalue weighted by Gasteiger charge is -2.29. The van der Waals surface area contributed by atoms with Gasteiger partial charge in [0.05, 0.1) is 39.9 Å². The number of phosphoric acid groups is 1. The van der Waals surface area contributed by atoms with E-state index in [0.29, 0.717) is 17.4 Å². The van der Waals surface area contributed by atoms with E-state index >= 15 is 0 Å². The number of rotatable bonds is 40. The van der Waals surface area contributed by atoms with Gasteiger partial charge in [-0.25, -0.2) is 0 Å². The number of aliphatic hydroxyl groups excluding tert-OH is 1. The molecule has 0 aliphatic rings. The lowest BCUT2D eigenvalue weighted by atomic mass is 10.0. The highest BCUT2D eigenvalue weighted by Gasteiger charge is 2.23. The van der Waals surface area contributed by atoms with Crippen molar-refractivity contribution in [2.24, 2.45) is 0 Å². The Kier molecular flexibility index (Phi) is 37.5. The van der Waals surface area contributed by atoms with E-state index in [0.717, 1.165) is 77.0 Å². The molecular weight excluding hydrogens is 719 g/mol. The van der Waals surface area contributed by atoms with Gasteiger partial charge in [0.25, 0.3) is 7.82 Å². The number of hydrogen-bond donors (Lipinski definition) is 2. The van der Waals surface area contributed by atoms with E-state index < -0.39 is 26.6 Å². The fourth-order valence-corrected chi connectivity index (χ4v) is 6.87. The average molecular weight is 807 g/mol. The van der Waals surface area contributed by atoms with Crippen LogP contribution in [0.1, 0.15) is 181 Å². The van der Waals surface area contributed by atoms with Crippen LogP contribution in [0.2, 0.25) is 0 Å². The van der Waals surface area contributed by atoms with Gasteiger partial charge in [-0.05, 0) is 57.8 Å². The molecular formula is C47H87N2O6P. The molecule has 0 saturated carbocycles. The number of quaternary nitrogens is 1. The summed E-state index contributed by atoms with van der Waals surface area (Å²) in [6, 6.07) is -0.901. The number of likely N-dealkylation sites (N-methyl/N-ethyl adjacent to an activating group) is 1. The first-order valence-corrected chi connectivity index (χ1v) is 24.1. The van der Waals surface area contributed by atoms with Gasteiger partial charge in [-0.15, -0.1) is 0 Å². The normalized spacial score (nSPS) is 14.9. The molecule has 0 saturated heterocycles. The van der Waals surface area contributed by atoms with Crippen LogP contribution < -0.4 is 10.2 Å². The summed E-state index contributed by atoms with van der Waals surface area (Å²) in [5.41, 5.74) is 0. The molecule has 0 aliphatic carbocycles. The van der Waals surface area contributed by atoms with Crippen molar-refractivity contribution < 1.29 is 32.9 Å². The fourth-order valence-electron chi connectivity index (χ4n) is 6.14. The molecule has 0 bridgehead atoms. The molecule has 0 spiro atoms. The highest BCUT2D eigenvalue weighted by molar-refractivity contribution is 7.45. The van der Waals surface area contributed by atoms with E-state index in [1.54, 1.807) is 6.08 Å². The summed E-state index contributed by atoms with van der Waals surface area (Å²) in [4.78, 5) is 25.3. The van der Waals surface area contributed by atoms with Crippen LogP contribution in [0, 0.1) is 0 Å².